The molecule has 2 aromatic carbocycles. The third-order valence-corrected chi connectivity index (χ3v) is 6.46. The Labute approximate surface area is 146 Å². The normalized spacial score (nSPS) is 16.4. The average molecular weight is 369 g/mol. The van der Waals surface area contributed by atoms with Crippen LogP contribution in [-0.4, -0.2) is 38.9 Å². The third kappa shape index (κ3) is 3.41. The van der Waals surface area contributed by atoms with Crippen molar-refractivity contribution in [2.45, 2.75) is 11.8 Å². The lowest BCUT2D eigenvalue weighted by Crippen LogP contribution is -2.48. The summed E-state index contributed by atoms with van der Waals surface area (Å²) in [6.07, 6.45) is 0. The van der Waals surface area contributed by atoms with Crippen LogP contribution in [0.15, 0.2) is 47.4 Å². The Hall–Kier alpha value is -1.63. The molecule has 2 aromatic rings. The topological polar surface area (TPSA) is 40.6 Å². The fraction of sp³-hybridized carbons (Fsp3) is 0.294. The predicted octanol–water partition coefficient (Wildman–Crippen LogP) is 3.30. The van der Waals surface area contributed by atoms with Gasteiger partial charge in [-0.05, 0) is 48.9 Å². The fourth-order valence-electron chi connectivity index (χ4n) is 2.90. The molecule has 3 rings (SSSR count). The molecular weight excluding hydrogens is 351 g/mol. The summed E-state index contributed by atoms with van der Waals surface area (Å²) < 4.78 is 40.2. The molecule has 0 spiro atoms. The number of anilines is 1. The molecule has 0 saturated carbocycles. The molecule has 1 heterocycles. The number of aryl methyl sites for hydroxylation is 1. The van der Waals surface area contributed by atoms with E-state index < -0.39 is 15.8 Å². The number of benzene rings is 2. The standard InChI is InChI=1S/C17H18ClFN2O2S/c1-13-11-15(19)5-6-17(13)24(22,23)21-9-7-20(8-10-21)16-4-2-3-14(18)12-16/h2-6,11-12H,7-10H2,1H3. The molecule has 24 heavy (non-hydrogen) atoms. The van der Waals surface area contributed by atoms with E-state index in [-0.39, 0.29) is 4.90 Å². The summed E-state index contributed by atoms with van der Waals surface area (Å²) in [5.41, 5.74) is 1.41. The molecule has 128 valence electrons. The van der Waals surface area contributed by atoms with Crippen molar-refractivity contribution in [2.24, 2.45) is 0 Å². The zero-order chi connectivity index (χ0) is 17.3. The smallest absolute Gasteiger partial charge is 0.243 e. The summed E-state index contributed by atoms with van der Waals surface area (Å²) in [6.45, 7) is 3.54. The summed E-state index contributed by atoms with van der Waals surface area (Å²) in [5.74, 6) is -0.433. The molecule has 0 aliphatic carbocycles. The SMILES string of the molecule is Cc1cc(F)ccc1S(=O)(=O)N1CCN(c2cccc(Cl)c2)CC1. The molecular formula is C17H18ClFN2O2S. The summed E-state index contributed by atoms with van der Waals surface area (Å²) >= 11 is 6.01. The van der Waals surface area contributed by atoms with Gasteiger partial charge < -0.3 is 4.90 Å². The first-order valence-electron chi connectivity index (χ1n) is 7.65. The van der Waals surface area contributed by atoms with Crippen molar-refractivity contribution in [1.82, 2.24) is 4.31 Å². The van der Waals surface area contributed by atoms with Crippen molar-refractivity contribution in [3.63, 3.8) is 0 Å². The van der Waals surface area contributed by atoms with Gasteiger partial charge in [0.05, 0.1) is 4.90 Å². The van der Waals surface area contributed by atoms with Crippen LogP contribution in [-0.2, 0) is 10.0 Å². The molecule has 0 N–H and O–H groups in total. The second kappa shape index (κ2) is 6.70. The van der Waals surface area contributed by atoms with E-state index in [0.29, 0.717) is 36.8 Å². The average Bonchev–Trinajstić information content (AvgIpc) is 2.54. The first-order chi connectivity index (χ1) is 11.4. The molecule has 0 radical (unpaired) electrons. The Morgan fingerprint density at radius 3 is 2.38 bits per heavy atom. The predicted molar refractivity (Wildman–Crippen MR) is 93.6 cm³/mol. The van der Waals surface area contributed by atoms with E-state index in [1.54, 1.807) is 6.92 Å². The van der Waals surface area contributed by atoms with E-state index in [1.165, 1.54) is 22.5 Å². The van der Waals surface area contributed by atoms with Gasteiger partial charge in [-0.15, -0.1) is 0 Å². The minimum absolute atomic E-state index is 0.167. The summed E-state index contributed by atoms with van der Waals surface area (Å²) in [7, 11) is -3.61. The maximum Gasteiger partial charge on any atom is 0.243 e. The van der Waals surface area contributed by atoms with Crippen LogP contribution in [0.1, 0.15) is 5.56 Å². The van der Waals surface area contributed by atoms with Gasteiger partial charge in [-0.2, -0.15) is 4.31 Å². The van der Waals surface area contributed by atoms with Crippen LogP contribution in [0.5, 0.6) is 0 Å². The van der Waals surface area contributed by atoms with Gasteiger partial charge >= 0.3 is 0 Å². The zero-order valence-electron chi connectivity index (χ0n) is 13.2. The summed E-state index contributed by atoms with van der Waals surface area (Å²) in [4.78, 5) is 2.27. The van der Waals surface area contributed by atoms with Crippen LogP contribution in [0.4, 0.5) is 10.1 Å². The molecule has 1 aliphatic rings. The van der Waals surface area contributed by atoms with Crippen molar-refractivity contribution in [3.05, 3.63) is 58.9 Å². The lowest BCUT2D eigenvalue weighted by molar-refractivity contribution is 0.384. The first-order valence-corrected chi connectivity index (χ1v) is 9.46. The van der Waals surface area contributed by atoms with Crippen LogP contribution in [0.3, 0.4) is 0 Å². The van der Waals surface area contributed by atoms with E-state index in [4.69, 9.17) is 11.6 Å². The van der Waals surface area contributed by atoms with Gasteiger partial charge in [-0.1, -0.05) is 17.7 Å². The van der Waals surface area contributed by atoms with Gasteiger partial charge in [0.1, 0.15) is 5.82 Å². The van der Waals surface area contributed by atoms with Gasteiger partial charge in [0.2, 0.25) is 10.0 Å². The molecule has 1 fully saturated rings. The number of nitrogens with zero attached hydrogens (tertiary/aromatic N) is 2. The molecule has 1 aliphatic heterocycles. The van der Waals surface area contributed by atoms with Crippen molar-refractivity contribution in [3.8, 4) is 0 Å². The Morgan fingerprint density at radius 1 is 1.04 bits per heavy atom. The number of sulfonamides is 1. The quantitative estimate of drug-likeness (QED) is 0.834. The van der Waals surface area contributed by atoms with Crippen LogP contribution in [0.2, 0.25) is 5.02 Å². The fourth-order valence-corrected chi connectivity index (χ4v) is 4.71. The first kappa shape index (κ1) is 17.2. The van der Waals surface area contributed by atoms with Gasteiger partial charge in [0, 0.05) is 36.9 Å². The minimum atomic E-state index is -3.61. The maximum atomic E-state index is 13.2. The van der Waals surface area contributed by atoms with Crippen LogP contribution < -0.4 is 4.90 Å². The van der Waals surface area contributed by atoms with Crippen LogP contribution in [0.25, 0.3) is 0 Å². The van der Waals surface area contributed by atoms with Crippen molar-refractivity contribution in [1.29, 1.82) is 0 Å². The second-order valence-electron chi connectivity index (χ2n) is 5.78. The molecule has 0 aromatic heterocycles. The Kier molecular flexibility index (Phi) is 4.80. The lowest BCUT2D eigenvalue weighted by atomic mass is 10.2. The van der Waals surface area contributed by atoms with Gasteiger partial charge in [0.25, 0.3) is 0 Å². The monoisotopic (exact) mass is 368 g/mol. The van der Waals surface area contributed by atoms with Gasteiger partial charge in [0.15, 0.2) is 0 Å². The third-order valence-electron chi connectivity index (χ3n) is 4.17. The molecule has 0 unspecified atom stereocenters. The van der Waals surface area contributed by atoms with Gasteiger partial charge in [-0.25, -0.2) is 12.8 Å². The highest BCUT2D eigenvalue weighted by atomic mass is 35.5. The van der Waals surface area contributed by atoms with Gasteiger partial charge in [-0.3, -0.25) is 0 Å². The van der Waals surface area contributed by atoms with E-state index in [9.17, 15) is 12.8 Å². The largest absolute Gasteiger partial charge is 0.369 e. The number of halogens is 2. The van der Waals surface area contributed by atoms with Crippen molar-refractivity contribution in [2.75, 3.05) is 31.1 Å². The van der Waals surface area contributed by atoms with Crippen LogP contribution >= 0.6 is 11.6 Å². The summed E-state index contributed by atoms with van der Waals surface area (Å²) in [6, 6.07) is 11.3. The van der Waals surface area contributed by atoms with Crippen LogP contribution in [0, 0.1) is 12.7 Å². The molecule has 4 nitrogen and oxygen atoms in total. The Morgan fingerprint density at radius 2 is 1.75 bits per heavy atom. The maximum absolute atomic E-state index is 13.2. The molecule has 7 heteroatoms. The molecule has 0 atom stereocenters. The summed E-state index contributed by atoms with van der Waals surface area (Å²) in [5, 5.41) is 0.657. The highest BCUT2D eigenvalue weighted by Gasteiger charge is 2.29. The zero-order valence-corrected chi connectivity index (χ0v) is 14.8. The molecule has 0 amide bonds. The van der Waals surface area contributed by atoms with Crippen molar-refractivity contribution >= 4 is 27.3 Å². The Bertz CT molecular complexity index is 849. The number of hydrogen-bond donors (Lipinski definition) is 0. The molecule has 0 bridgehead atoms. The van der Waals surface area contributed by atoms with E-state index in [1.807, 2.05) is 24.3 Å². The van der Waals surface area contributed by atoms with Crippen molar-refractivity contribution < 1.29 is 12.8 Å². The number of piperazine rings is 1. The van der Waals surface area contributed by atoms with E-state index >= 15 is 0 Å². The van der Waals surface area contributed by atoms with E-state index in [0.717, 1.165) is 5.69 Å². The highest BCUT2D eigenvalue weighted by molar-refractivity contribution is 7.89. The number of hydrogen-bond acceptors (Lipinski definition) is 3. The number of rotatable bonds is 3. The second-order valence-corrected chi connectivity index (χ2v) is 8.12. The molecule has 1 saturated heterocycles. The minimum Gasteiger partial charge on any atom is -0.369 e. The van der Waals surface area contributed by atoms with E-state index in [2.05, 4.69) is 4.90 Å². The lowest BCUT2D eigenvalue weighted by Gasteiger charge is -2.35. The Balaban J connectivity index is 1.76. The highest BCUT2D eigenvalue weighted by Crippen LogP contribution is 2.25.